The Labute approximate surface area is 136 Å². The van der Waals surface area contributed by atoms with Gasteiger partial charge in [0.05, 0.1) is 13.0 Å². The number of carbonyl (C=O) groups is 1. The molecule has 22 heavy (non-hydrogen) atoms. The van der Waals surface area contributed by atoms with E-state index in [1.54, 1.807) is 11.3 Å². The van der Waals surface area contributed by atoms with Gasteiger partial charge in [0.1, 0.15) is 5.75 Å². The molecule has 118 valence electrons. The molecule has 0 saturated heterocycles. The Morgan fingerprint density at radius 3 is 2.50 bits per heavy atom. The molecule has 0 spiro atoms. The van der Waals surface area contributed by atoms with E-state index in [4.69, 9.17) is 4.74 Å². The van der Waals surface area contributed by atoms with Crippen LogP contribution in [-0.4, -0.2) is 24.0 Å². The molecular formula is C18H23NO2S. The van der Waals surface area contributed by atoms with Crippen LogP contribution >= 0.6 is 11.3 Å². The summed E-state index contributed by atoms with van der Waals surface area (Å²) in [5, 5.41) is 4.16. The fourth-order valence-electron chi connectivity index (χ4n) is 2.32. The van der Waals surface area contributed by atoms with E-state index < -0.39 is 0 Å². The first-order valence-electron chi connectivity index (χ1n) is 7.73. The van der Waals surface area contributed by atoms with Crippen molar-refractivity contribution in [3.63, 3.8) is 0 Å². The van der Waals surface area contributed by atoms with Crippen molar-refractivity contribution in [2.24, 2.45) is 0 Å². The maximum absolute atomic E-state index is 12.5. The van der Waals surface area contributed by atoms with E-state index in [1.165, 1.54) is 5.56 Å². The van der Waals surface area contributed by atoms with E-state index in [2.05, 4.69) is 23.8 Å². The zero-order valence-corrected chi connectivity index (χ0v) is 14.1. The highest BCUT2D eigenvalue weighted by Crippen LogP contribution is 2.15. The Balaban J connectivity index is 1.97. The van der Waals surface area contributed by atoms with Crippen molar-refractivity contribution in [2.45, 2.75) is 33.2 Å². The van der Waals surface area contributed by atoms with Gasteiger partial charge >= 0.3 is 0 Å². The lowest BCUT2D eigenvalue weighted by Gasteiger charge is -2.22. The summed E-state index contributed by atoms with van der Waals surface area (Å²) in [6.07, 6.45) is 1.41. The predicted octanol–water partition coefficient (Wildman–Crippen LogP) is 4.13. The van der Waals surface area contributed by atoms with Crippen LogP contribution in [-0.2, 0) is 17.8 Å². The standard InChI is InChI=1S/C18H23NO2S/c1-3-10-19(13-16-9-11-22-14-16)18(20)12-15-5-7-17(8-6-15)21-4-2/h5-9,11,14H,3-4,10,12-13H2,1-2H3. The Hall–Kier alpha value is -1.81. The molecule has 3 nitrogen and oxygen atoms in total. The smallest absolute Gasteiger partial charge is 0.227 e. The van der Waals surface area contributed by atoms with E-state index in [1.807, 2.05) is 36.1 Å². The number of benzene rings is 1. The lowest BCUT2D eigenvalue weighted by atomic mass is 10.1. The summed E-state index contributed by atoms with van der Waals surface area (Å²) in [6, 6.07) is 9.87. The number of thiophene rings is 1. The maximum atomic E-state index is 12.5. The van der Waals surface area contributed by atoms with E-state index >= 15 is 0 Å². The highest BCUT2D eigenvalue weighted by atomic mass is 32.1. The molecule has 0 atom stereocenters. The van der Waals surface area contributed by atoms with Crippen LogP contribution in [0, 0.1) is 0 Å². The number of ether oxygens (including phenoxy) is 1. The number of rotatable bonds is 8. The van der Waals surface area contributed by atoms with Crippen LogP contribution in [0.4, 0.5) is 0 Å². The molecule has 0 radical (unpaired) electrons. The van der Waals surface area contributed by atoms with Crippen molar-refractivity contribution in [2.75, 3.05) is 13.2 Å². The normalized spacial score (nSPS) is 10.5. The highest BCUT2D eigenvalue weighted by molar-refractivity contribution is 7.07. The number of carbonyl (C=O) groups excluding carboxylic acids is 1. The van der Waals surface area contributed by atoms with Crippen LogP contribution in [0.5, 0.6) is 5.75 Å². The van der Waals surface area contributed by atoms with Gasteiger partial charge in [0, 0.05) is 13.1 Å². The van der Waals surface area contributed by atoms with Gasteiger partial charge in [-0.1, -0.05) is 19.1 Å². The first kappa shape index (κ1) is 16.6. The third-order valence-corrected chi connectivity index (χ3v) is 4.12. The second kappa shape index (κ2) is 8.59. The summed E-state index contributed by atoms with van der Waals surface area (Å²) in [6.45, 7) is 6.22. The zero-order valence-electron chi connectivity index (χ0n) is 13.2. The van der Waals surface area contributed by atoms with Crippen molar-refractivity contribution >= 4 is 17.2 Å². The fourth-order valence-corrected chi connectivity index (χ4v) is 2.98. The number of hydrogen-bond acceptors (Lipinski definition) is 3. The van der Waals surface area contributed by atoms with Gasteiger partial charge in [0.15, 0.2) is 0 Å². The Kier molecular flexibility index (Phi) is 6.46. The molecule has 1 amide bonds. The Bertz CT molecular complexity index is 563. The SMILES string of the molecule is CCCN(Cc1ccsc1)C(=O)Cc1ccc(OCC)cc1. The molecule has 0 N–H and O–H groups in total. The highest BCUT2D eigenvalue weighted by Gasteiger charge is 2.14. The lowest BCUT2D eigenvalue weighted by molar-refractivity contribution is -0.131. The monoisotopic (exact) mass is 317 g/mol. The van der Waals surface area contributed by atoms with Gasteiger partial charge in [-0.05, 0) is 53.4 Å². The molecule has 2 rings (SSSR count). The molecule has 2 aromatic rings. The minimum absolute atomic E-state index is 0.178. The molecule has 1 heterocycles. The molecule has 1 aromatic carbocycles. The van der Waals surface area contributed by atoms with Crippen LogP contribution in [0.25, 0.3) is 0 Å². The number of nitrogens with zero attached hydrogens (tertiary/aromatic N) is 1. The quantitative estimate of drug-likeness (QED) is 0.732. The summed E-state index contributed by atoms with van der Waals surface area (Å²) in [5.41, 5.74) is 2.23. The molecule has 0 fully saturated rings. The largest absolute Gasteiger partial charge is 0.494 e. The molecule has 0 bridgehead atoms. The van der Waals surface area contributed by atoms with Crippen molar-refractivity contribution in [3.05, 3.63) is 52.2 Å². The fraction of sp³-hybridized carbons (Fsp3) is 0.389. The average molecular weight is 317 g/mol. The van der Waals surface area contributed by atoms with E-state index in [0.29, 0.717) is 19.6 Å². The molecule has 1 aromatic heterocycles. The van der Waals surface area contributed by atoms with Crippen molar-refractivity contribution in [3.8, 4) is 5.75 Å². The van der Waals surface area contributed by atoms with Crippen molar-refractivity contribution in [1.82, 2.24) is 4.90 Å². The maximum Gasteiger partial charge on any atom is 0.227 e. The Morgan fingerprint density at radius 1 is 1.14 bits per heavy atom. The predicted molar refractivity (Wildman–Crippen MR) is 91.3 cm³/mol. The third-order valence-electron chi connectivity index (χ3n) is 3.39. The van der Waals surface area contributed by atoms with Crippen LogP contribution < -0.4 is 4.74 Å². The summed E-state index contributed by atoms with van der Waals surface area (Å²) in [5.74, 6) is 1.03. The van der Waals surface area contributed by atoms with Crippen LogP contribution in [0.15, 0.2) is 41.1 Å². The van der Waals surface area contributed by atoms with E-state index in [-0.39, 0.29) is 5.91 Å². The second-order valence-electron chi connectivity index (χ2n) is 5.20. The molecule has 4 heteroatoms. The summed E-state index contributed by atoms with van der Waals surface area (Å²) in [7, 11) is 0. The van der Waals surface area contributed by atoms with Crippen LogP contribution in [0.2, 0.25) is 0 Å². The number of hydrogen-bond donors (Lipinski definition) is 0. The molecule has 0 saturated carbocycles. The zero-order chi connectivity index (χ0) is 15.8. The lowest BCUT2D eigenvalue weighted by Crippen LogP contribution is -2.32. The summed E-state index contributed by atoms with van der Waals surface area (Å²) >= 11 is 1.67. The average Bonchev–Trinajstić information content (AvgIpc) is 3.02. The number of amides is 1. The molecular weight excluding hydrogens is 294 g/mol. The molecule has 0 unspecified atom stereocenters. The van der Waals surface area contributed by atoms with Crippen LogP contribution in [0.3, 0.4) is 0 Å². The minimum atomic E-state index is 0.178. The van der Waals surface area contributed by atoms with Gasteiger partial charge in [0.2, 0.25) is 5.91 Å². The van der Waals surface area contributed by atoms with Gasteiger partial charge in [0.25, 0.3) is 0 Å². The van der Waals surface area contributed by atoms with Gasteiger partial charge in [-0.3, -0.25) is 4.79 Å². The molecule has 0 aliphatic rings. The summed E-state index contributed by atoms with van der Waals surface area (Å²) < 4.78 is 5.43. The first-order valence-corrected chi connectivity index (χ1v) is 8.67. The molecule has 0 aliphatic heterocycles. The van der Waals surface area contributed by atoms with Crippen molar-refractivity contribution in [1.29, 1.82) is 0 Å². The second-order valence-corrected chi connectivity index (χ2v) is 5.98. The Morgan fingerprint density at radius 2 is 1.91 bits per heavy atom. The van der Waals surface area contributed by atoms with Gasteiger partial charge in [-0.25, -0.2) is 0 Å². The van der Waals surface area contributed by atoms with Gasteiger partial charge in [-0.15, -0.1) is 0 Å². The van der Waals surface area contributed by atoms with Gasteiger partial charge in [-0.2, -0.15) is 11.3 Å². The van der Waals surface area contributed by atoms with Crippen molar-refractivity contribution < 1.29 is 9.53 Å². The first-order chi connectivity index (χ1) is 10.7. The van der Waals surface area contributed by atoms with E-state index in [9.17, 15) is 4.79 Å². The van der Waals surface area contributed by atoms with Gasteiger partial charge < -0.3 is 9.64 Å². The summed E-state index contributed by atoms with van der Waals surface area (Å²) in [4.78, 5) is 14.5. The topological polar surface area (TPSA) is 29.5 Å². The van der Waals surface area contributed by atoms with E-state index in [0.717, 1.165) is 24.3 Å². The van der Waals surface area contributed by atoms with Crippen LogP contribution in [0.1, 0.15) is 31.4 Å². The minimum Gasteiger partial charge on any atom is -0.494 e. The third kappa shape index (κ3) is 4.88. The molecule has 0 aliphatic carbocycles.